The molecule has 1 heterocycles. The second-order valence-corrected chi connectivity index (χ2v) is 6.71. The first-order chi connectivity index (χ1) is 13.0. The smallest absolute Gasteiger partial charge is 0.363 e. The molecule has 0 fully saturated rings. The molecule has 7 heteroatoms. The topological polar surface area (TPSA) is 57.1 Å². The SMILES string of the molecule is C=CCOc1c(Cl)cc(/C=C2\N=C(c3ccccc3Br)OC2=O)cc1OC. The van der Waals surface area contributed by atoms with Gasteiger partial charge in [0, 0.05) is 4.47 Å². The van der Waals surface area contributed by atoms with Gasteiger partial charge < -0.3 is 14.2 Å². The van der Waals surface area contributed by atoms with E-state index in [-0.39, 0.29) is 11.6 Å². The summed E-state index contributed by atoms with van der Waals surface area (Å²) >= 11 is 9.71. The molecule has 0 saturated heterocycles. The normalized spacial score (nSPS) is 14.7. The molecule has 1 aliphatic heterocycles. The summed E-state index contributed by atoms with van der Waals surface area (Å²) in [5, 5.41) is 0.351. The molecule has 0 N–H and O–H groups in total. The van der Waals surface area contributed by atoms with Gasteiger partial charge in [0.05, 0.1) is 17.7 Å². The number of halogens is 2. The van der Waals surface area contributed by atoms with Crippen molar-refractivity contribution in [3.63, 3.8) is 0 Å². The van der Waals surface area contributed by atoms with E-state index in [1.807, 2.05) is 24.3 Å². The number of esters is 1. The Bertz CT molecular complexity index is 968. The monoisotopic (exact) mass is 447 g/mol. The van der Waals surface area contributed by atoms with Crippen LogP contribution in [-0.2, 0) is 9.53 Å². The second-order valence-electron chi connectivity index (χ2n) is 5.45. The minimum atomic E-state index is -0.539. The number of nitrogens with zero attached hydrogens (tertiary/aromatic N) is 1. The molecular weight excluding hydrogens is 434 g/mol. The first-order valence-corrected chi connectivity index (χ1v) is 9.09. The summed E-state index contributed by atoms with van der Waals surface area (Å²) in [6.45, 7) is 3.90. The summed E-state index contributed by atoms with van der Waals surface area (Å²) in [6, 6.07) is 10.7. The van der Waals surface area contributed by atoms with Crippen LogP contribution in [0.25, 0.3) is 6.08 Å². The van der Waals surface area contributed by atoms with Gasteiger partial charge in [-0.3, -0.25) is 0 Å². The van der Waals surface area contributed by atoms with Crippen molar-refractivity contribution in [2.75, 3.05) is 13.7 Å². The highest BCUT2D eigenvalue weighted by Crippen LogP contribution is 2.37. The van der Waals surface area contributed by atoms with Gasteiger partial charge in [0.2, 0.25) is 5.90 Å². The van der Waals surface area contributed by atoms with Crippen LogP contribution in [0.5, 0.6) is 11.5 Å². The molecular formula is C20H15BrClNO4. The summed E-state index contributed by atoms with van der Waals surface area (Å²) in [5.74, 6) is 0.552. The molecule has 2 aromatic carbocycles. The first-order valence-electron chi connectivity index (χ1n) is 7.92. The molecule has 0 radical (unpaired) electrons. The molecule has 0 spiro atoms. The highest BCUT2D eigenvalue weighted by molar-refractivity contribution is 9.10. The third kappa shape index (κ3) is 4.23. The van der Waals surface area contributed by atoms with E-state index in [0.717, 1.165) is 4.47 Å². The minimum Gasteiger partial charge on any atom is -0.493 e. The first kappa shape index (κ1) is 19.2. The van der Waals surface area contributed by atoms with Gasteiger partial charge in [-0.25, -0.2) is 9.79 Å². The molecule has 138 valence electrons. The zero-order valence-electron chi connectivity index (χ0n) is 14.4. The molecule has 0 saturated carbocycles. The Labute approximate surface area is 170 Å². The molecule has 0 aromatic heterocycles. The van der Waals surface area contributed by atoms with Gasteiger partial charge in [-0.2, -0.15) is 0 Å². The highest BCUT2D eigenvalue weighted by Gasteiger charge is 2.25. The molecule has 2 aromatic rings. The van der Waals surface area contributed by atoms with E-state index in [2.05, 4.69) is 27.5 Å². The summed E-state index contributed by atoms with van der Waals surface area (Å²) in [4.78, 5) is 16.5. The molecule has 0 amide bonds. The molecule has 0 atom stereocenters. The molecule has 0 unspecified atom stereocenters. The van der Waals surface area contributed by atoms with Crippen LogP contribution in [0, 0.1) is 0 Å². The fourth-order valence-electron chi connectivity index (χ4n) is 2.42. The fourth-order valence-corrected chi connectivity index (χ4v) is 3.15. The maximum absolute atomic E-state index is 12.2. The Morgan fingerprint density at radius 2 is 2.11 bits per heavy atom. The van der Waals surface area contributed by atoms with Crippen molar-refractivity contribution in [3.05, 3.63) is 75.4 Å². The third-order valence-corrected chi connectivity index (χ3v) is 4.60. The average Bonchev–Trinajstić information content (AvgIpc) is 3.01. The van der Waals surface area contributed by atoms with Crippen LogP contribution in [0.1, 0.15) is 11.1 Å². The summed E-state index contributed by atoms with van der Waals surface area (Å²) < 4.78 is 16.9. The molecule has 27 heavy (non-hydrogen) atoms. The lowest BCUT2D eigenvalue weighted by Crippen LogP contribution is -2.05. The zero-order valence-corrected chi connectivity index (χ0v) is 16.7. The van der Waals surface area contributed by atoms with E-state index in [1.165, 1.54) is 7.11 Å². The predicted molar refractivity (Wildman–Crippen MR) is 108 cm³/mol. The van der Waals surface area contributed by atoms with Crippen molar-refractivity contribution in [3.8, 4) is 11.5 Å². The van der Waals surface area contributed by atoms with Crippen LogP contribution >= 0.6 is 27.5 Å². The number of cyclic esters (lactones) is 1. The van der Waals surface area contributed by atoms with Gasteiger partial charge in [-0.05, 0) is 51.8 Å². The van der Waals surface area contributed by atoms with Crippen LogP contribution < -0.4 is 9.47 Å². The Hall–Kier alpha value is -2.57. The number of methoxy groups -OCH3 is 1. The van der Waals surface area contributed by atoms with E-state index in [1.54, 1.807) is 24.3 Å². The van der Waals surface area contributed by atoms with Gasteiger partial charge >= 0.3 is 5.97 Å². The lowest BCUT2D eigenvalue weighted by Gasteiger charge is -2.12. The van der Waals surface area contributed by atoms with Crippen LogP contribution in [-0.4, -0.2) is 25.6 Å². The number of rotatable bonds is 6. The number of aliphatic imine (C=N–C) groups is 1. The Balaban J connectivity index is 1.96. The van der Waals surface area contributed by atoms with E-state index in [0.29, 0.717) is 34.3 Å². The van der Waals surface area contributed by atoms with Crippen molar-refractivity contribution in [1.82, 2.24) is 0 Å². The van der Waals surface area contributed by atoms with Crippen LogP contribution in [0.2, 0.25) is 5.02 Å². The fraction of sp³-hybridized carbons (Fsp3) is 0.100. The minimum absolute atomic E-state index is 0.165. The maximum Gasteiger partial charge on any atom is 0.363 e. The van der Waals surface area contributed by atoms with Gasteiger partial charge in [0.15, 0.2) is 17.2 Å². The number of hydrogen-bond donors (Lipinski definition) is 0. The summed E-state index contributed by atoms with van der Waals surface area (Å²) in [6.07, 6.45) is 3.19. The van der Waals surface area contributed by atoms with E-state index < -0.39 is 5.97 Å². The maximum atomic E-state index is 12.2. The van der Waals surface area contributed by atoms with E-state index >= 15 is 0 Å². The predicted octanol–water partition coefficient (Wildman–Crippen LogP) is 5.02. The van der Waals surface area contributed by atoms with Crippen molar-refractivity contribution in [2.45, 2.75) is 0 Å². The Morgan fingerprint density at radius 3 is 2.81 bits per heavy atom. The number of ether oxygens (including phenoxy) is 3. The zero-order chi connectivity index (χ0) is 19.4. The van der Waals surface area contributed by atoms with Crippen molar-refractivity contribution >= 4 is 45.5 Å². The van der Waals surface area contributed by atoms with Crippen molar-refractivity contribution < 1.29 is 19.0 Å². The number of carbonyl (C=O) groups is 1. The van der Waals surface area contributed by atoms with Gasteiger partial charge in [0.1, 0.15) is 6.61 Å². The molecule has 3 rings (SSSR count). The lowest BCUT2D eigenvalue weighted by molar-refractivity contribution is -0.129. The van der Waals surface area contributed by atoms with Gasteiger partial charge in [0.25, 0.3) is 0 Å². The lowest BCUT2D eigenvalue weighted by atomic mass is 10.1. The van der Waals surface area contributed by atoms with Crippen molar-refractivity contribution in [2.24, 2.45) is 4.99 Å². The van der Waals surface area contributed by atoms with E-state index in [9.17, 15) is 4.79 Å². The van der Waals surface area contributed by atoms with Gasteiger partial charge in [-0.1, -0.05) is 36.4 Å². The third-order valence-electron chi connectivity index (χ3n) is 3.63. The molecule has 1 aliphatic rings. The molecule has 0 aliphatic carbocycles. The second kappa shape index (κ2) is 8.41. The summed E-state index contributed by atoms with van der Waals surface area (Å²) in [5.41, 5.74) is 1.49. The Kier molecular flexibility index (Phi) is 5.98. The average molecular weight is 449 g/mol. The largest absolute Gasteiger partial charge is 0.493 e. The Morgan fingerprint density at radius 1 is 1.33 bits per heavy atom. The van der Waals surface area contributed by atoms with Crippen molar-refractivity contribution in [1.29, 1.82) is 0 Å². The van der Waals surface area contributed by atoms with Crippen LogP contribution in [0.15, 0.2) is 64.2 Å². The molecule has 0 bridgehead atoms. The standard InChI is InChI=1S/C20H15BrClNO4/c1-3-8-26-18-15(22)9-12(11-17(18)25-2)10-16-20(24)27-19(23-16)13-6-4-5-7-14(13)21/h3-7,9-11H,1,8H2,2H3/b16-10-. The highest BCUT2D eigenvalue weighted by atomic mass is 79.9. The number of hydrogen-bond acceptors (Lipinski definition) is 5. The van der Waals surface area contributed by atoms with E-state index in [4.69, 9.17) is 25.8 Å². The van der Waals surface area contributed by atoms with Gasteiger partial charge in [-0.15, -0.1) is 0 Å². The summed E-state index contributed by atoms with van der Waals surface area (Å²) in [7, 11) is 1.51. The van der Waals surface area contributed by atoms with Crippen LogP contribution in [0.4, 0.5) is 0 Å². The number of carbonyl (C=O) groups excluding carboxylic acids is 1. The number of benzene rings is 2. The molecule has 5 nitrogen and oxygen atoms in total. The van der Waals surface area contributed by atoms with Crippen LogP contribution in [0.3, 0.4) is 0 Å². The quantitative estimate of drug-likeness (QED) is 0.354.